The molecule has 3 aromatic carbocycles. The molecule has 0 aliphatic carbocycles. The first-order chi connectivity index (χ1) is 19.6. The number of carbonyl (C=O) groups excluding carboxylic acids is 3. The molecular weight excluding hydrogens is 518 g/mol. The molecule has 9 nitrogen and oxygen atoms in total. The SMILES string of the molecule is CCNC(=O)c1ccccc1-c1nc2cc(CN3C(=O)C(NC(=O)CC(C)(C)N)CCc4ccccc43)ccc2o1. The average molecular weight is 554 g/mol. The Labute approximate surface area is 239 Å². The number of carbonyl (C=O) groups is 3. The number of hydrogen-bond acceptors (Lipinski definition) is 6. The average Bonchev–Trinajstić information content (AvgIpc) is 3.31. The van der Waals surface area contributed by atoms with Crippen molar-refractivity contribution >= 4 is 34.5 Å². The number of para-hydroxylation sites is 1. The van der Waals surface area contributed by atoms with Crippen LogP contribution in [0.2, 0.25) is 0 Å². The van der Waals surface area contributed by atoms with E-state index in [1.807, 2.05) is 61.5 Å². The van der Waals surface area contributed by atoms with Gasteiger partial charge in [0.1, 0.15) is 11.6 Å². The number of hydrogen-bond donors (Lipinski definition) is 3. The number of anilines is 1. The molecule has 0 saturated carbocycles. The quantitative estimate of drug-likeness (QED) is 0.298. The molecule has 1 aromatic heterocycles. The maximum atomic E-state index is 13.8. The van der Waals surface area contributed by atoms with E-state index in [9.17, 15) is 14.4 Å². The molecule has 212 valence electrons. The zero-order valence-corrected chi connectivity index (χ0v) is 23.6. The third kappa shape index (κ3) is 6.30. The summed E-state index contributed by atoms with van der Waals surface area (Å²) < 4.78 is 6.04. The highest BCUT2D eigenvalue weighted by atomic mass is 16.3. The third-order valence-corrected chi connectivity index (χ3v) is 7.03. The summed E-state index contributed by atoms with van der Waals surface area (Å²) in [6, 6.07) is 20.0. The van der Waals surface area contributed by atoms with Crippen LogP contribution < -0.4 is 21.3 Å². The zero-order chi connectivity index (χ0) is 29.1. The van der Waals surface area contributed by atoms with Crippen LogP contribution in [0.4, 0.5) is 5.69 Å². The number of nitrogens with two attached hydrogens (primary N) is 1. The number of nitrogens with one attached hydrogen (secondary N) is 2. The molecule has 4 aromatic rings. The van der Waals surface area contributed by atoms with E-state index in [0.29, 0.717) is 47.5 Å². The number of nitrogens with zero attached hydrogens (tertiary/aromatic N) is 2. The number of aryl methyl sites for hydroxylation is 1. The fraction of sp³-hybridized carbons (Fsp3) is 0.312. The van der Waals surface area contributed by atoms with Gasteiger partial charge in [0.05, 0.1) is 12.1 Å². The van der Waals surface area contributed by atoms with Crippen LogP contribution in [0.3, 0.4) is 0 Å². The highest BCUT2D eigenvalue weighted by molar-refractivity contribution is 6.01. The molecule has 1 aliphatic rings. The number of amides is 3. The maximum Gasteiger partial charge on any atom is 0.252 e. The minimum Gasteiger partial charge on any atom is -0.436 e. The van der Waals surface area contributed by atoms with Crippen LogP contribution in [0.5, 0.6) is 0 Å². The Morgan fingerprint density at radius 3 is 2.63 bits per heavy atom. The first-order valence-electron chi connectivity index (χ1n) is 13.9. The zero-order valence-electron chi connectivity index (χ0n) is 23.6. The molecular formula is C32H35N5O4. The molecule has 4 N–H and O–H groups in total. The van der Waals surface area contributed by atoms with Crippen LogP contribution in [0.25, 0.3) is 22.6 Å². The fourth-order valence-electron chi connectivity index (χ4n) is 5.16. The molecule has 0 spiro atoms. The van der Waals surface area contributed by atoms with E-state index in [2.05, 4.69) is 10.6 Å². The van der Waals surface area contributed by atoms with E-state index in [4.69, 9.17) is 15.1 Å². The molecule has 0 saturated heterocycles. The van der Waals surface area contributed by atoms with Crippen molar-refractivity contribution in [1.82, 2.24) is 15.6 Å². The van der Waals surface area contributed by atoms with Crippen molar-refractivity contribution in [3.63, 3.8) is 0 Å². The molecule has 2 heterocycles. The lowest BCUT2D eigenvalue weighted by Gasteiger charge is -2.27. The molecule has 3 amide bonds. The highest BCUT2D eigenvalue weighted by Gasteiger charge is 2.32. The molecule has 0 bridgehead atoms. The summed E-state index contributed by atoms with van der Waals surface area (Å²) in [5.74, 6) is -0.261. The van der Waals surface area contributed by atoms with Crippen LogP contribution in [0, 0.1) is 0 Å². The van der Waals surface area contributed by atoms with Gasteiger partial charge in [-0.25, -0.2) is 4.98 Å². The largest absolute Gasteiger partial charge is 0.436 e. The molecule has 0 radical (unpaired) electrons. The first-order valence-corrected chi connectivity index (χ1v) is 13.9. The number of fused-ring (bicyclic) bond motifs is 2. The third-order valence-electron chi connectivity index (χ3n) is 7.03. The first kappa shape index (κ1) is 28.0. The van der Waals surface area contributed by atoms with E-state index in [1.165, 1.54) is 0 Å². The smallest absolute Gasteiger partial charge is 0.252 e. The molecule has 0 fully saturated rings. The lowest BCUT2D eigenvalue weighted by molar-refractivity contribution is -0.128. The van der Waals surface area contributed by atoms with Crippen molar-refractivity contribution in [1.29, 1.82) is 0 Å². The van der Waals surface area contributed by atoms with E-state index in [0.717, 1.165) is 16.8 Å². The number of oxazole rings is 1. The molecule has 1 aliphatic heterocycles. The second-order valence-corrected chi connectivity index (χ2v) is 11.1. The van der Waals surface area contributed by atoms with Crippen molar-refractivity contribution in [2.45, 2.75) is 58.2 Å². The summed E-state index contributed by atoms with van der Waals surface area (Å²) in [4.78, 5) is 45.5. The Morgan fingerprint density at radius 1 is 1.10 bits per heavy atom. The van der Waals surface area contributed by atoms with Gasteiger partial charge in [0, 0.05) is 29.8 Å². The van der Waals surface area contributed by atoms with Gasteiger partial charge in [-0.1, -0.05) is 36.4 Å². The molecule has 1 unspecified atom stereocenters. The van der Waals surface area contributed by atoms with E-state index in [1.54, 1.807) is 30.9 Å². The van der Waals surface area contributed by atoms with Crippen molar-refractivity contribution in [3.05, 3.63) is 83.4 Å². The number of aromatic nitrogens is 1. The summed E-state index contributed by atoms with van der Waals surface area (Å²) in [6.07, 6.45) is 1.28. The van der Waals surface area contributed by atoms with Gasteiger partial charge < -0.3 is 25.7 Å². The Hall–Kier alpha value is -4.50. The van der Waals surface area contributed by atoms with Gasteiger partial charge in [0.2, 0.25) is 17.7 Å². The van der Waals surface area contributed by atoms with Gasteiger partial charge in [0.25, 0.3) is 5.91 Å². The minimum absolute atomic E-state index is 0.123. The minimum atomic E-state index is -0.674. The van der Waals surface area contributed by atoms with Crippen LogP contribution in [0.15, 0.2) is 71.1 Å². The van der Waals surface area contributed by atoms with Gasteiger partial charge in [-0.3, -0.25) is 14.4 Å². The van der Waals surface area contributed by atoms with Crippen molar-refractivity contribution in [3.8, 4) is 11.5 Å². The van der Waals surface area contributed by atoms with Crippen LogP contribution >= 0.6 is 0 Å². The van der Waals surface area contributed by atoms with Gasteiger partial charge in [-0.2, -0.15) is 0 Å². The summed E-state index contributed by atoms with van der Waals surface area (Å²) in [7, 11) is 0. The maximum absolute atomic E-state index is 13.8. The van der Waals surface area contributed by atoms with E-state index < -0.39 is 11.6 Å². The molecule has 5 rings (SSSR count). The summed E-state index contributed by atoms with van der Waals surface area (Å²) in [5.41, 5.74) is 10.4. The standard InChI is InChI=1S/C32H35N5O4/c1-4-34-29(39)22-10-6-7-11-23(22)30-36-25-17-20(13-16-27(25)41-30)19-37-26-12-8-5-9-21(26)14-15-24(31(37)40)35-28(38)18-32(2,3)33/h5-13,16-17,24H,4,14-15,18-19,33H2,1-3H3,(H,34,39)(H,35,38). The Kier molecular flexibility index (Phi) is 7.90. The van der Waals surface area contributed by atoms with Crippen molar-refractivity contribution in [2.24, 2.45) is 5.73 Å². The Morgan fingerprint density at radius 2 is 1.85 bits per heavy atom. The predicted molar refractivity (Wildman–Crippen MR) is 158 cm³/mol. The van der Waals surface area contributed by atoms with Crippen LogP contribution in [-0.2, 0) is 22.6 Å². The normalized spacial score (nSPS) is 15.4. The second-order valence-electron chi connectivity index (χ2n) is 11.1. The summed E-state index contributed by atoms with van der Waals surface area (Å²) >= 11 is 0. The van der Waals surface area contributed by atoms with Crippen molar-refractivity contribution < 1.29 is 18.8 Å². The summed E-state index contributed by atoms with van der Waals surface area (Å²) in [5, 5.41) is 5.75. The van der Waals surface area contributed by atoms with Gasteiger partial charge >= 0.3 is 0 Å². The Balaban J connectivity index is 1.44. The van der Waals surface area contributed by atoms with Gasteiger partial charge in [-0.05, 0) is 75.1 Å². The monoisotopic (exact) mass is 553 g/mol. The van der Waals surface area contributed by atoms with Crippen LogP contribution in [-0.4, -0.2) is 40.8 Å². The lowest BCUT2D eigenvalue weighted by Crippen LogP contribution is -2.49. The van der Waals surface area contributed by atoms with Crippen LogP contribution in [0.1, 0.15) is 55.1 Å². The van der Waals surface area contributed by atoms with Gasteiger partial charge in [-0.15, -0.1) is 0 Å². The van der Waals surface area contributed by atoms with E-state index in [-0.39, 0.29) is 30.7 Å². The molecule has 9 heteroatoms. The van der Waals surface area contributed by atoms with Gasteiger partial charge in [0.15, 0.2) is 5.58 Å². The highest BCUT2D eigenvalue weighted by Crippen LogP contribution is 2.31. The fourth-order valence-corrected chi connectivity index (χ4v) is 5.16. The topological polar surface area (TPSA) is 131 Å². The van der Waals surface area contributed by atoms with E-state index >= 15 is 0 Å². The molecule has 41 heavy (non-hydrogen) atoms. The summed E-state index contributed by atoms with van der Waals surface area (Å²) in [6.45, 7) is 6.24. The molecule has 1 atom stereocenters. The second kappa shape index (κ2) is 11.5. The Bertz CT molecular complexity index is 1600. The number of benzene rings is 3. The van der Waals surface area contributed by atoms with Crippen molar-refractivity contribution in [2.75, 3.05) is 11.4 Å². The lowest BCUT2D eigenvalue weighted by atomic mass is 10.0. The number of rotatable bonds is 8. The predicted octanol–water partition coefficient (Wildman–Crippen LogP) is 4.34.